The molecule has 2 rings (SSSR count). The van der Waals surface area contributed by atoms with E-state index in [-0.39, 0.29) is 5.56 Å². The van der Waals surface area contributed by atoms with Crippen molar-refractivity contribution in [2.45, 2.75) is 12.2 Å². The molecule has 0 aromatic heterocycles. The quantitative estimate of drug-likeness (QED) is 0.812. The number of nitrogens with one attached hydrogen (secondary N) is 1. The van der Waals surface area contributed by atoms with Crippen molar-refractivity contribution in [3.63, 3.8) is 0 Å². The van der Waals surface area contributed by atoms with Crippen LogP contribution in [0, 0.1) is 0 Å². The highest BCUT2D eigenvalue weighted by Gasteiger charge is 2.40. The Morgan fingerprint density at radius 1 is 1.10 bits per heavy atom. The molecule has 2 aromatic carbocycles. The largest absolute Gasteiger partial charge is 0.495 e. The van der Waals surface area contributed by atoms with Crippen molar-refractivity contribution < 1.29 is 17.9 Å². The Hall–Kier alpha value is -1.69. The fourth-order valence-corrected chi connectivity index (χ4v) is 2.32. The molecule has 6 heteroatoms. The number of hydrogen-bond donors (Lipinski definition) is 1. The van der Waals surface area contributed by atoms with Gasteiger partial charge >= 0.3 is 6.18 Å². The lowest BCUT2D eigenvalue weighted by Crippen LogP contribution is -2.27. The second-order valence-corrected chi connectivity index (χ2v) is 5.23. The molecule has 2 aromatic rings. The number of anilines is 1. The van der Waals surface area contributed by atoms with Crippen molar-refractivity contribution in [3.05, 3.63) is 58.6 Å². The van der Waals surface area contributed by atoms with Gasteiger partial charge in [0.1, 0.15) is 11.8 Å². The summed E-state index contributed by atoms with van der Waals surface area (Å²) in [5, 5.41) is 2.51. The zero-order valence-electron chi connectivity index (χ0n) is 11.1. The average molecular weight is 360 g/mol. The maximum atomic E-state index is 13.3. The molecule has 0 heterocycles. The van der Waals surface area contributed by atoms with E-state index in [9.17, 15) is 13.2 Å². The molecular weight excluding hydrogens is 347 g/mol. The molecule has 0 aliphatic rings. The Balaban J connectivity index is 2.32. The van der Waals surface area contributed by atoms with Gasteiger partial charge in [-0.15, -0.1) is 0 Å². The summed E-state index contributed by atoms with van der Waals surface area (Å²) >= 11 is 3.27. The van der Waals surface area contributed by atoms with Gasteiger partial charge in [-0.2, -0.15) is 13.2 Å². The standard InChI is InChI=1S/C15H13BrF3NO/c1-21-13-9-11(7-8-12(13)16)20-14(15(17,18)19)10-5-3-2-4-6-10/h2-9,14,20H,1H3. The van der Waals surface area contributed by atoms with E-state index in [2.05, 4.69) is 21.2 Å². The van der Waals surface area contributed by atoms with Crippen LogP contribution in [0.25, 0.3) is 0 Å². The van der Waals surface area contributed by atoms with E-state index >= 15 is 0 Å². The van der Waals surface area contributed by atoms with Crippen LogP contribution in [0.2, 0.25) is 0 Å². The SMILES string of the molecule is COc1cc(NC(c2ccccc2)C(F)(F)F)ccc1Br. The van der Waals surface area contributed by atoms with Gasteiger partial charge in [0.05, 0.1) is 11.6 Å². The number of benzene rings is 2. The van der Waals surface area contributed by atoms with E-state index in [1.165, 1.54) is 25.3 Å². The molecule has 0 aliphatic heterocycles. The molecule has 0 aliphatic carbocycles. The number of halogens is 4. The van der Waals surface area contributed by atoms with Crippen molar-refractivity contribution >= 4 is 21.6 Å². The van der Waals surface area contributed by atoms with Crippen molar-refractivity contribution in [2.75, 3.05) is 12.4 Å². The van der Waals surface area contributed by atoms with Gasteiger partial charge in [-0.1, -0.05) is 30.3 Å². The summed E-state index contributed by atoms with van der Waals surface area (Å²) in [4.78, 5) is 0. The summed E-state index contributed by atoms with van der Waals surface area (Å²) in [5.74, 6) is 0.467. The molecule has 1 N–H and O–H groups in total. The van der Waals surface area contributed by atoms with Crippen LogP contribution in [0.1, 0.15) is 11.6 Å². The van der Waals surface area contributed by atoms with Gasteiger partial charge in [-0.3, -0.25) is 0 Å². The first-order chi connectivity index (χ1) is 9.91. The molecule has 2 nitrogen and oxygen atoms in total. The lowest BCUT2D eigenvalue weighted by Gasteiger charge is -2.23. The molecule has 0 saturated heterocycles. The summed E-state index contributed by atoms with van der Waals surface area (Å²) in [5.41, 5.74) is 0.494. The van der Waals surface area contributed by atoms with Gasteiger partial charge in [-0.05, 0) is 33.6 Å². The van der Waals surface area contributed by atoms with Gasteiger partial charge in [0.2, 0.25) is 0 Å². The fourth-order valence-electron chi connectivity index (χ4n) is 1.92. The summed E-state index contributed by atoms with van der Waals surface area (Å²) in [6, 6.07) is 10.7. The minimum absolute atomic E-state index is 0.159. The highest BCUT2D eigenvalue weighted by Crippen LogP contribution is 2.37. The second kappa shape index (κ2) is 6.39. The van der Waals surface area contributed by atoms with Crippen LogP contribution in [0.5, 0.6) is 5.75 Å². The number of rotatable bonds is 4. The van der Waals surface area contributed by atoms with Gasteiger partial charge in [0.15, 0.2) is 0 Å². The molecule has 0 saturated carbocycles. The van der Waals surface area contributed by atoms with Crippen LogP contribution in [0.3, 0.4) is 0 Å². The first kappa shape index (κ1) is 15.7. The van der Waals surface area contributed by atoms with Gasteiger partial charge in [-0.25, -0.2) is 0 Å². The van der Waals surface area contributed by atoms with E-state index in [1.807, 2.05) is 0 Å². The molecule has 1 unspecified atom stereocenters. The van der Waals surface area contributed by atoms with E-state index in [0.717, 1.165) is 0 Å². The molecular formula is C15H13BrF3NO. The van der Waals surface area contributed by atoms with E-state index in [1.54, 1.807) is 30.3 Å². The Labute approximate surface area is 129 Å². The summed E-state index contributed by atoms with van der Waals surface area (Å²) < 4.78 is 45.5. The number of ether oxygens (including phenoxy) is 1. The van der Waals surface area contributed by atoms with Gasteiger partial charge in [0, 0.05) is 11.8 Å². The summed E-state index contributed by atoms with van der Waals surface area (Å²) in [6.07, 6.45) is -4.40. The van der Waals surface area contributed by atoms with Crippen LogP contribution in [-0.2, 0) is 0 Å². The predicted octanol–water partition coefficient (Wildman–Crippen LogP) is 5.17. The number of alkyl halides is 3. The van der Waals surface area contributed by atoms with E-state index < -0.39 is 12.2 Å². The maximum absolute atomic E-state index is 13.3. The zero-order valence-corrected chi connectivity index (χ0v) is 12.7. The third-order valence-electron chi connectivity index (χ3n) is 2.92. The van der Waals surface area contributed by atoms with E-state index in [4.69, 9.17) is 4.74 Å². The smallest absolute Gasteiger partial charge is 0.412 e. The van der Waals surface area contributed by atoms with Crippen molar-refractivity contribution in [2.24, 2.45) is 0 Å². The maximum Gasteiger partial charge on any atom is 0.412 e. The van der Waals surface area contributed by atoms with Crippen molar-refractivity contribution in [1.29, 1.82) is 0 Å². The van der Waals surface area contributed by atoms with Crippen LogP contribution in [0.4, 0.5) is 18.9 Å². The van der Waals surface area contributed by atoms with Gasteiger partial charge < -0.3 is 10.1 Å². The fraction of sp³-hybridized carbons (Fsp3) is 0.200. The first-order valence-electron chi connectivity index (χ1n) is 6.13. The highest BCUT2D eigenvalue weighted by molar-refractivity contribution is 9.10. The van der Waals surface area contributed by atoms with E-state index in [0.29, 0.717) is 15.9 Å². The van der Waals surface area contributed by atoms with Crippen molar-refractivity contribution in [3.8, 4) is 5.75 Å². The van der Waals surface area contributed by atoms with Crippen LogP contribution < -0.4 is 10.1 Å². The minimum Gasteiger partial charge on any atom is -0.495 e. The minimum atomic E-state index is -4.40. The normalized spacial score (nSPS) is 12.8. The average Bonchev–Trinajstić information content (AvgIpc) is 2.46. The molecule has 0 amide bonds. The molecule has 1 atom stereocenters. The third-order valence-corrected chi connectivity index (χ3v) is 3.58. The monoisotopic (exact) mass is 359 g/mol. The zero-order chi connectivity index (χ0) is 15.5. The number of methoxy groups -OCH3 is 1. The number of hydrogen-bond acceptors (Lipinski definition) is 2. The highest BCUT2D eigenvalue weighted by atomic mass is 79.9. The molecule has 0 radical (unpaired) electrons. The third kappa shape index (κ3) is 3.91. The topological polar surface area (TPSA) is 21.3 Å². The molecule has 21 heavy (non-hydrogen) atoms. The molecule has 0 spiro atoms. The predicted molar refractivity (Wildman–Crippen MR) is 79.6 cm³/mol. The van der Waals surface area contributed by atoms with Crippen LogP contribution in [-0.4, -0.2) is 13.3 Å². The Morgan fingerprint density at radius 3 is 2.33 bits per heavy atom. The Bertz CT molecular complexity index is 602. The summed E-state index contributed by atoms with van der Waals surface area (Å²) in [6.45, 7) is 0. The van der Waals surface area contributed by atoms with Gasteiger partial charge in [0.25, 0.3) is 0 Å². The Kier molecular flexibility index (Phi) is 4.77. The molecule has 0 fully saturated rings. The van der Waals surface area contributed by atoms with Crippen molar-refractivity contribution in [1.82, 2.24) is 0 Å². The first-order valence-corrected chi connectivity index (χ1v) is 6.93. The van der Waals surface area contributed by atoms with Crippen LogP contribution in [0.15, 0.2) is 53.0 Å². The summed E-state index contributed by atoms with van der Waals surface area (Å²) in [7, 11) is 1.46. The second-order valence-electron chi connectivity index (χ2n) is 4.38. The molecule has 0 bridgehead atoms. The van der Waals surface area contributed by atoms with Crippen LogP contribution >= 0.6 is 15.9 Å². The lowest BCUT2D eigenvalue weighted by atomic mass is 10.1. The lowest BCUT2D eigenvalue weighted by molar-refractivity contribution is -0.144. The Morgan fingerprint density at radius 2 is 1.76 bits per heavy atom. The molecule has 112 valence electrons.